The van der Waals surface area contributed by atoms with Crippen LogP contribution in [0.25, 0.3) is 0 Å². The Bertz CT molecular complexity index is 371. The van der Waals surface area contributed by atoms with E-state index in [9.17, 15) is 4.39 Å². The molecule has 17 heavy (non-hydrogen) atoms. The van der Waals surface area contributed by atoms with E-state index in [2.05, 4.69) is 36.7 Å². The maximum Gasteiger partial charge on any atom is 0.168 e. The highest BCUT2D eigenvalue weighted by atomic mass is 79.9. The van der Waals surface area contributed by atoms with E-state index in [0.29, 0.717) is 10.6 Å². The molecule has 0 bridgehead atoms. The second-order valence-corrected chi connectivity index (χ2v) is 6.41. The molecule has 1 unspecified atom stereocenters. The van der Waals surface area contributed by atoms with E-state index < -0.39 is 0 Å². The summed E-state index contributed by atoms with van der Waals surface area (Å²) in [5.41, 5.74) is 0.910. The molecule has 0 aromatic heterocycles. The van der Waals surface area contributed by atoms with Gasteiger partial charge in [0.2, 0.25) is 0 Å². The van der Waals surface area contributed by atoms with Crippen LogP contribution in [0, 0.1) is 11.2 Å². The van der Waals surface area contributed by atoms with Crippen LogP contribution in [0.3, 0.4) is 0 Å². The summed E-state index contributed by atoms with van der Waals surface area (Å²) in [5, 5.41) is 0. The fraction of sp³-hybridized carbons (Fsp3) is 0.571. The lowest BCUT2D eigenvalue weighted by Crippen LogP contribution is -2.20. The lowest BCUT2D eigenvalue weighted by atomic mass is 9.88. The highest BCUT2D eigenvalue weighted by molar-refractivity contribution is 9.09. The molecule has 1 atom stereocenters. The van der Waals surface area contributed by atoms with E-state index in [4.69, 9.17) is 4.74 Å². The Kier molecular flexibility index (Phi) is 4.99. The summed E-state index contributed by atoms with van der Waals surface area (Å²) in [6, 6.07) is 5.30. The number of ether oxygens (including phenoxy) is 1. The number of hydrogen-bond acceptors (Lipinski definition) is 1. The molecule has 0 amide bonds. The molecule has 0 saturated carbocycles. The van der Waals surface area contributed by atoms with Crippen LogP contribution < -0.4 is 4.74 Å². The molecule has 0 aliphatic heterocycles. The average Bonchev–Trinajstić information content (AvgIpc) is 2.26. The monoisotopic (exact) mass is 302 g/mol. The van der Waals surface area contributed by atoms with Gasteiger partial charge in [-0.25, -0.2) is 4.39 Å². The summed E-state index contributed by atoms with van der Waals surface area (Å²) in [7, 11) is 1.49. The van der Waals surface area contributed by atoms with Gasteiger partial charge in [-0.05, 0) is 29.9 Å². The summed E-state index contributed by atoms with van der Waals surface area (Å²) < 4.78 is 18.9. The number of hydrogen-bond donors (Lipinski definition) is 0. The number of alkyl halides is 1. The Morgan fingerprint density at radius 3 is 2.53 bits per heavy atom. The normalized spacial score (nSPS) is 13.5. The average molecular weight is 303 g/mol. The van der Waals surface area contributed by atoms with Crippen LogP contribution >= 0.6 is 15.9 Å². The third-order valence-electron chi connectivity index (χ3n) is 2.87. The molecule has 1 aromatic rings. The molecule has 3 heteroatoms. The van der Waals surface area contributed by atoms with Gasteiger partial charge in [0.25, 0.3) is 0 Å². The summed E-state index contributed by atoms with van der Waals surface area (Å²) >= 11 is 3.66. The first-order valence-electron chi connectivity index (χ1n) is 5.81. The zero-order chi connectivity index (χ0) is 13.1. The number of aryl methyl sites for hydroxylation is 1. The molecule has 0 aliphatic carbocycles. The standard InChI is InChI=1S/C14H20BrFO/c1-14(2,3)12(15)9-8-10-6-5-7-11(17-4)13(10)16/h5-7,12H,8-9H2,1-4H3. The molecule has 1 aromatic carbocycles. The Balaban J connectivity index is 2.70. The highest BCUT2D eigenvalue weighted by Crippen LogP contribution is 2.30. The minimum Gasteiger partial charge on any atom is -0.494 e. The lowest BCUT2D eigenvalue weighted by Gasteiger charge is -2.25. The van der Waals surface area contributed by atoms with Gasteiger partial charge in [-0.1, -0.05) is 48.8 Å². The van der Waals surface area contributed by atoms with Crippen molar-refractivity contribution in [1.82, 2.24) is 0 Å². The molecule has 0 radical (unpaired) electrons. The van der Waals surface area contributed by atoms with Gasteiger partial charge in [0, 0.05) is 4.83 Å². The van der Waals surface area contributed by atoms with Gasteiger partial charge >= 0.3 is 0 Å². The Morgan fingerprint density at radius 1 is 1.35 bits per heavy atom. The summed E-state index contributed by atoms with van der Waals surface area (Å²) in [6.07, 6.45) is 1.63. The Morgan fingerprint density at radius 2 is 2.00 bits per heavy atom. The van der Waals surface area contributed by atoms with Crippen molar-refractivity contribution in [2.45, 2.75) is 38.4 Å². The quantitative estimate of drug-likeness (QED) is 0.740. The van der Waals surface area contributed by atoms with Crippen LogP contribution in [0.5, 0.6) is 5.75 Å². The van der Waals surface area contributed by atoms with Crippen molar-refractivity contribution in [2.24, 2.45) is 5.41 Å². The predicted octanol–water partition coefficient (Wildman–Crippen LogP) is 4.58. The van der Waals surface area contributed by atoms with Gasteiger partial charge in [0.15, 0.2) is 11.6 Å². The number of halogens is 2. The summed E-state index contributed by atoms with van der Waals surface area (Å²) in [4.78, 5) is 0.376. The van der Waals surface area contributed by atoms with Crippen molar-refractivity contribution in [2.75, 3.05) is 7.11 Å². The molecule has 0 saturated heterocycles. The predicted molar refractivity (Wildman–Crippen MR) is 73.4 cm³/mol. The van der Waals surface area contributed by atoms with Gasteiger partial charge in [-0.3, -0.25) is 0 Å². The fourth-order valence-corrected chi connectivity index (χ4v) is 1.85. The largest absolute Gasteiger partial charge is 0.494 e. The van der Waals surface area contributed by atoms with E-state index in [-0.39, 0.29) is 11.2 Å². The first-order chi connectivity index (χ1) is 7.86. The second kappa shape index (κ2) is 5.85. The molecule has 0 fully saturated rings. The minimum absolute atomic E-state index is 0.190. The van der Waals surface area contributed by atoms with Crippen LogP contribution in [0.4, 0.5) is 4.39 Å². The van der Waals surface area contributed by atoms with Gasteiger partial charge in [0.1, 0.15) is 0 Å². The topological polar surface area (TPSA) is 9.23 Å². The van der Waals surface area contributed by atoms with Gasteiger partial charge < -0.3 is 4.74 Å². The first-order valence-corrected chi connectivity index (χ1v) is 6.73. The molecule has 1 nitrogen and oxygen atoms in total. The summed E-state index contributed by atoms with van der Waals surface area (Å²) in [6.45, 7) is 6.52. The van der Waals surface area contributed by atoms with Crippen LogP contribution in [-0.4, -0.2) is 11.9 Å². The molecule has 0 heterocycles. The molecular weight excluding hydrogens is 283 g/mol. The first kappa shape index (κ1) is 14.5. The smallest absolute Gasteiger partial charge is 0.168 e. The van der Waals surface area contributed by atoms with Gasteiger partial charge in [-0.15, -0.1) is 0 Å². The van der Waals surface area contributed by atoms with Gasteiger partial charge in [0.05, 0.1) is 7.11 Å². The van der Waals surface area contributed by atoms with Crippen LogP contribution in [0.15, 0.2) is 18.2 Å². The zero-order valence-corrected chi connectivity index (χ0v) is 12.5. The molecule has 0 spiro atoms. The van der Waals surface area contributed by atoms with Crippen molar-refractivity contribution in [3.63, 3.8) is 0 Å². The minimum atomic E-state index is -0.233. The van der Waals surface area contributed by atoms with E-state index in [1.165, 1.54) is 7.11 Å². The number of rotatable bonds is 4. The summed E-state index contributed by atoms with van der Waals surface area (Å²) in [5.74, 6) is 0.0907. The molecule has 1 rings (SSSR count). The molecule has 0 aliphatic rings. The van der Waals surface area contributed by atoms with Crippen molar-refractivity contribution in [1.29, 1.82) is 0 Å². The fourth-order valence-electron chi connectivity index (χ4n) is 1.62. The van der Waals surface area contributed by atoms with Crippen molar-refractivity contribution in [3.05, 3.63) is 29.6 Å². The third-order valence-corrected chi connectivity index (χ3v) is 4.70. The van der Waals surface area contributed by atoms with Crippen LogP contribution in [0.1, 0.15) is 32.8 Å². The van der Waals surface area contributed by atoms with E-state index in [0.717, 1.165) is 18.4 Å². The highest BCUT2D eigenvalue weighted by Gasteiger charge is 2.22. The third kappa shape index (κ3) is 3.98. The van der Waals surface area contributed by atoms with E-state index in [1.54, 1.807) is 6.07 Å². The van der Waals surface area contributed by atoms with E-state index in [1.807, 2.05) is 12.1 Å². The maximum absolute atomic E-state index is 13.9. The second-order valence-electron chi connectivity index (χ2n) is 5.31. The van der Waals surface area contributed by atoms with Crippen molar-refractivity contribution < 1.29 is 9.13 Å². The SMILES string of the molecule is COc1cccc(CCC(Br)C(C)(C)C)c1F. The van der Waals surface area contributed by atoms with Crippen LogP contribution in [-0.2, 0) is 6.42 Å². The molecule has 0 N–H and O–H groups in total. The van der Waals surface area contributed by atoms with E-state index >= 15 is 0 Å². The number of methoxy groups -OCH3 is 1. The van der Waals surface area contributed by atoms with Crippen molar-refractivity contribution in [3.8, 4) is 5.75 Å². The number of benzene rings is 1. The van der Waals surface area contributed by atoms with Crippen LogP contribution in [0.2, 0.25) is 0 Å². The molecule has 96 valence electrons. The maximum atomic E-state index is 13.9. The van der Waals surface area contributed by atoms with Crippen molar-refractivity contribution >= 4 is 15.9 Å². The lowest BCUT2D eigenvalue weighted by molar-refractivity contribution is 0.375. The Labute approximate surface area is 111 Å². The van der Waals surface area contributed by atoms with Gasteiger partial charge in [-0.2, -0.15) is 0 Å². The Hall–Kier alpha value is -0.570. The zero-order valence-electron chi connectivity index (χ0n) is 10.9. The molecular formula is C14H20BrFO.